The van der Waals surface area contributed by atoms with Crippen LogP contribution in [0, 0.1) is 17.0 Å². The predicted octanol–water partition coefficient (Wildman–Crippen LogP) is 3.68. The summed E-state index contributed by atoms with van der Waals surface area (Å²) in [6.07, 6.45) is 4.06. The number of halogens is 2. The Morgan fingerprint density at radius 1 is 1.33 bits per heavy atom. The maximum absolute atomic E-state index is 13.7. The normalized spacial score (nSPS) is 18.7. The number of benzene rings is 1. The highest BCUT2D eigenvalue weighted by atomic mass is 19.1. The van der Waals surface area contributed by atoms with Gasteiger partial charge >= 0.3 is 0 Å². The molecular formula is C15H21F2N. The Bertz CT molecular complexity index is 413. The summed E-state index contributed by atoms with van der Waals surface area (Å²) in [5, 5.41) is 3.49. The molecule has 1 aliphatic rings. The number of nitrogens with one attached hydrogen (secondary N) is 1. The van der Waals surface area contributed by atoms with Gasteiger partial charge in [0, 0.05) is 12.1 Å². The molecule has 1 N–H and O–H groups in total. The average Bonchev–Trinajstić information content (AvgIpc) is 3.11. The van der Waals surface area contributed by atoms with Crippen molar-refractivity contribution in [3.05, 3.63) is 35.4 Å². The number of hydrogen-bond acceptors (Lipinski definition) is 1. The molecular weight excluding hydrogens is 232 g/mol. The molecule has 18 heavy (non-hydrogen) atoms. The van der Waals surface area contributed by atoms with E-state index in [9.17, 15) is 8.78 Å². The molecule has 0 heterocycles. The summed E-state index contributed by atoms with van der Waals surface area (Å²) in [6, 6.07) is 4.30. The maximum atomic E-state index is 13.7. The van der Waals surface area contributed by atoms with Gasteiger partial charge in [-0.05, 0) is 56.2 Å². The van der Waals surface area contributed by atoms with Gasteiger partial charge in [0.25, 0.3) is 0 Å². The molecule has 3 heteroatoms. The van der Waals surface area contributed by atoms with Gasteiger partial charge in [0.2, 0.25) is 0 Å². The Morgan fingerprint density at radius 2 is 2.06 bits per heavy atom. The van der Waals surface area contributed by atoms with Crippen molar-refractivity contribution in [2.75, 3.05) is 6.54 Å². The molecule has 1 fully saturated rings. The Hall–Kier alpha value is -0.960. The van der Waals surface area contributed by atoms with Crippen molar-refractivity contribution >= 4 is 0 Å². The first-order valence-corrected chi connectivity index (χ1v) is 6.75. The zero-order valence-electron chi connectivity index (χ0n) is 11.1. The smallest absolute Gasteiger partial charge is 0.129 e. The topological polar surface area (TPSA) is 12.0 Å². The zero-order chi connectivity index (χ0) is 13.2. The van der Waals surface area contributed by atoms with Crippen LogP contribution in [0.25, 0.3) is 0 Å². The summed E-state index contributed by atoms with van der Waals surface area (Å²) in [7, 11) is 0. The molecule has 0 aromatic heterocycles. The van der Waals surface area contributed by atoms with Crippen LogP contribution < -0.4 is 5.32 Å². The highest BCUT2D eigenvalue weighted by Crippen LogP contribution is 2.51. The molecule has 1 aliphatic carbocycles. The number of rotatable bonds is 6. The van der Waals surface area contributed by atoms with Gasteiger partial charge in [0.05, 0.1) is 0 Å². The summed E-state index contributed by atoms with van der Waals surface area (Å²) >= 11 is 0. The van der Waals surface area contributed by atoms with E-state index < -0.39 is 11.6 Å². The van der Waals surface area contributed by atoms with Crippen molar-refractivity contribution in [1.29, 1.82) is 0 Å². The fourth-order valence-corrected chi connectivity index (χ4v) is 2.55. The summed E-state index contributed by atoms with van der Waals surface area (Å²) in [6.45, 7) is 5.30. The molecule has 1 aromatic carbocycles. The molecule has 0 radical (unpaired) electrons. The van der Waals surface area contributed by atoms with E-state index in [-0.39, 0.29) is 5.41 Å². The third kappa shape index (κ3) is 2.89. The van der Waals surface area contributed by atoms with Gasteiger partial charge in [-0.1, -0.05) is 13.0 Å². The van der Waals surface area contributed by atoms with E-state index in [0.29, 0.717) is 18.0 Å². The second-order valence-corrected chi connectivity index (χ2v) is 5.45. The molecule has 2 rings (SSSR count). The summed E-state index contributed by atoms with van der Waals surface area (Å²) in [5.74, 6) is -0.915. The lowest BCUT2D eigenvalue weighted by Gasteiger charge is -2.25. The summed E-state index contributed by atoms with van der Waals surface area (Å²) in [4.78, 5) is 0. The van der Waals surface area contributed by atoms with Gasteiger partial charge in [-0.2, -0.15) is 0 Å². The van der Waals surface area contributed by atoms with Gasteiger partial charge in [-0.3, -0.25) is 0 Å². The standard InChI is InChI=1S/C15H21F2N/c1-3-8-18-11(2)15(6-7-15)10-12-4-5-13(16)9-14(12)17/h4-5,9,11,18H,3,6-8,10H2,1-2H3. The summed E-state index contributed by atoms with van der Waals surface area (Å²) < 4.78 is 26.5. The van der Waals surface area contributed by atoms with E-state index in [2.05, 4.69) is 19.2 Å². The largest absolute Gasteiger partial charge is 0.314 e. The summed E-state index contributed by atoms with van der Waals surface area (Å²) in [5.41, 5.74) is 0.812. The lowest BCUT2D eigenvalue weighted by atomic mass is 9.89. The quantitative estimate of drug-likeness (QED) is 0.815. The van der Waals surface area contributed by atoms with Gasteiger partial charge in [-0.25, -0.2) is 8.78 Å². The molecule has 1 saturated carbocycles. The monoisotopic (exact) mass is 253 g/mol. The van der Waals surface area contributed by atoms with Crippen molar-refractivity contribution in [2.45, 2.75) is 45.6 Å². The highest BCUT2D eigenvalue weighted by Gasteiger charge is 2.47. The van der Waals surface area contributed by atoms with Crippen LogP contribution in [0.15, 0.2) is 18.2 Å². The van der Waals surface area contributed by atoms with Crippen molar-refractivity contribution < 1.29 is 8.78 Å². The maximum Gasteiger partial charge on any atom is 0.129 e. The molecule has 0 bridgehead atoms. The van der Waals surface area contributed by atoms with Crippen LogP contribution in [-0.2, 0) is 6.42 Å². The Kier molecular flexibility index (Phi) is 4.00. The van der Waals surface area contributed by atoms with Crippen LogP contribution in [0.2, 0.25) is 0 Å². The fourth-order valence-electron chi connectivity index (χ4n) is 2.55. The molecule has 100 valence electrons. The molecule has 1 aromatic rings. The van der Waals surface area contributed by atoms with E-state index in [1.165, 1.54) is 6.07 Å². The lowest BCUT2D eigenvalue weighted by molar-refractivity contribution is 0.346. The minimum atomic E-state index is -0.502. The number of hydrogen-bond donors (Lipinski definition) is 1. The van der Waals surface area contributed by atoms with Gasteiger partial charge in [0.1, 0.15) is 11.6 Å². The first kappa shape index (κ1) is 13.5. The molecule has 0 spiro atoms. The minimum Gasteiger partial charge on any atom is -0.314 e. The minimum absolute atomic E-state index is 0.174. The average molecular weight is 253 g/mol. The van der Waals surface area contributed by atoms with Crippen molar-refractivity contribution in [2.24, 2.45) is 5.41 Å². The van der Waals surface area contributed by atoms with Gasteiger partial charge < -0.3 is 5.32 Å². The van der Waals surface area contributed by atoms with E-state index in [0.717, 1.165) is 31.9 Å². The molecule has 0 amide bonds. The van der Waals surface area contributed by atoms with E-state index in [1.54, 1.807) is 6.07 Å². The van der Waals surface area contributed by atoms with Crippen LogP contribution in [0.1, 0.15) is 38.7 Å². The molecule has 1 atom stereocenters. The van der Waals surface area contributed by atoms with Crippen molar-refractivity contribution in [3.8, 4) is 0 Å². The van der Waals surface area contributed by atoms with Crippen molar-refractivity contribution in [1.82, 2.24) is 5.32 Å². The van der Waals surface area contributed by atoms with Crippen molar-refractivity contribution in [3.63, 3.8) is 0 Å². The van der Waals surface area contributed by atoms with Crippen LogP contribution in [0.3, 0.4) is 0 Å². The van der Waals surface area contributed by atoms with Crippen LogP contribution in [-0.4, -0.2) is 12.6 Å². The third-order valence-electron chi connectivity index (χ3n) is 4.07. The zero-order valence-corrected chi connectivity index (χ0v) is 11.1. The molecule has 1 nitrogen and oxygen atoms in total. The van der Waals surface area contributed by atoms with E-state index in [1.807, 2.05) is 0 Å². The highest BCUT2D eigenvalue weighted by molar-refractivity contribution is 5.22. The Labute approximate surface area is 108 Å². The first-order valence-electron chi connectivity index (χ1n) is 6.75. The second kappa shape index (κ2) is 5.35. The Morgan fingerprint density at radius 3 is 2.61 bits per heavy atom. The van der Waals surface area contributed by atoms with Crippen LogP contribution in [0.5, 0.6) is 0 Å². The van der Waals surface area contributed by atoms with E-state index >= 15 is 0 Å². The predicted molar refractivity (Wildman–Crippen MR) is 69.5 cm³/mol. The van der Waals surface area contributed by atoms with Gasteiger partial charge in [0.15, 0.2) is 0 Å². The molecule has 1 unspecified atom stereocenters. The van der Waals surface area contributed by atoms with Crippen LogP contribution >= 0.6 is 0 Å². The fraction of sp³-hybridized carbons (Fsp3) is 0.600. The molecule has 0 aliphatic heterocycles. The SMILES string of the molecule is CCCNC(C)C1(Cc2ccc(F)cc2F)CC1. The molecule has 0 saturated heterocycles. The third-order valence-corrected chi connectivity index (χ3v) is 4.07. The van der Waals surface area contributed by atoms with E-state index in [4.69, 9.17) is 0 Å². The Balaban J connectivity index is 2.04. The first-order chi connectivity index (χ1) is 8.57. The lowest BCUT2D eigenvalue weighted by Crippen LogP contribution is -2.36. The van der Waals surface area contributed by atoms with Gasteiger partial charge in [-0.15, -0.1) is 0 Å². The van der Waals surface area contributed by atoms with Crippen LogP contribution in [0.4, 0.5) is 8.78 Å². The second-order valence-electron chi connectivity index (χ2n) is 5.45.